The first kappa shape index (κ1) is 15.6. The van der Waals surface area contributed by atoms with Gasteiger partial charge in [0, 0.05) is 11.8 Å². The smallest absolute Gasteiger partial charge is 0.175 e. The summed E-state index contributed by atoms with van der Waals surface area (Å²) in [7, 11) is -3.28. The van der Waals surface area contributed by atoms with Crippen LogP contribution in [0.3, 0.4) is 0 Å². The summed E-state index contributed by atoms with van der Waals surface area (Å²) >= 11 is 0. The number of benzene rings is 2. The summed E-state index contributed by atoms with van der Waals surface area (Å²) in [5.74, 6) is 0. The van der Waals surface area contributed by atoms with E-state index in [1.807, 2.05) is 36.4 Å². The largest absolute Gasteiger partial charge is 0.354 e. The van der Waals surface area contributed by atoms with Crippen LogP contribution >= 0.6 is 0 Å². The van der Waals surface area contributed by atoms with Crippen LogP contribution in [0.5, 0.6) is 0 Å². The van der Waals surface area contributed by atoms with Crippen LogP contribution in [0.15, 0.2) is 65.6 Å². The van der Waals surface area contributed by atoms with Gasteiger partial charge >= 0.3 is 0 Å². The molecule has 0 spiro atoms. The Morgan fingerprint density at radius 3 is 2.26 bits per heavy atom. The lowest BCUT2D eigenvalue weighted by Gasteiger charge is -2.27. The van der Waals surface area contributed by atoms with Crippen LogP contribution in [0, 0.1) is 0 Å². The molecule has 0 radical (unpaired) electrons. The molecule has 1 aliphatic rings. The van der Waals surface area contributed by atoms with Gasteiger partial charge < -0.3 is 4.74 Å². The monoisotopic (exact) mass is 328 g/mol. The van der Waals surface area contributed by atoms with Gasteiger partial charge in [0.25, 0.3) is 0 Å². The van der Waals surface area contributed by atoms with Crippen LogP contribution < -0.4 is 0 Å². The molecule has 3 rings (SSSR count). The highest BCUT2D eigenvalue weighted by Crippen LogP contribution is 2.42. The highest BCUT2D eigenvalue weighted by atomic mass is 32.2. The molecular weight excluding hydrogens is 312 g/mol. The highest BCUT2D eigenvalue weighted by molar-refractivity contribution is 7.90. The van der Waals surface area contributed by atoms with Crippen molar-refractivity contribution in [3.63, 3.8) is 0 Å². The molecule has 1 heterocycles. The fourth-order valence-electron chi connectivity index (χ4n) is 2.79. The number of aldehydes is 1. The van der Waals surface area contributed by atoms with Gasteiger partial charge in [0.15, 0.2) is 21.7 Å². The molecular formula is C18H16O4S. The van der Waals surface area contributed by atoms with Crippen molar-refractivity contribution >= 4 is 21.7 Å². The van der Waals surface area contributed by atoms with Gasteiger partial charge in [-0.2, -0.15) is 0 Å². The summed E-state index contributed by atoms with van der Waals surface area (Å²) in [5, 5.41) is 0. The second-order valence-corrected chi connectivity index (χ2v) is 7.46. The minimum absolute atomic E-state index is 0.213. The lowest BCUT2D eigenvalue weighted by Crippen LogP contribution is -2.29. The Kier molecular flexibility index (Phi) is 3.92. The predicted octanol–water partition coefficient (Wildman–Crippen LogP) is 2.60. The van der Waals surface area contributed by atoms with Crippen LogP contribution in [0.1, 0.15) is 11.1 Å². The molecule has 0 aliphatic carbocycles. The quantitative estimate of drug-likeness (QED) is 0.810. The van der Waals surface area contributed by atoms with E-state index < -0.39 is 15.4 Å². The highest BCUT2D eigenvalue weighted by Gasteiger charge is 2.41. The van der Waals surface area contributed by atoms with Gasteiger partial charge in [0.2, 0.25) is 0 Å². The van der Waals surface area contributed by atoms with Gasteiger partial charge in [-0.3, -0.25) is 4.79 Å². The maximum Gasteiger partial charge on any atom is 0.175 e. The van der Waals surface area contributed by atoms with E-state index in [9.17, 15) is 13.2 Å². The Morgan fingerprint density at radius 1 is 1.04 bits per heavy atom. The third-order valence-corrected chi connectivity index (χ3v) is 5.09. The molecule has 118 valence electrons. The standard InChI is InChI=1S/C18H16O4S/c1-23(20,21)16-9-7-15(8-10-16)18(13-19)17(11-12-22-18)14-5-3-2-4-6-14/h2-11,13H,12H2,1H3. The Balaban J connectivity index is 2.08. The van der Waals surface area contributed by atoms with Crippen molar-refractivity contribution in [3.05, 3.63) is 71.8 Å². The molecule has 23 heavy (non-hydrogen) atoms. The minimum Gasteiger partial charge on any atom is -0.354 e. The first-order chi connectivity index (χ1) is 11.0. The van der Waals surface area contributed by atoms with Gasteiger partial charge in [0.1, 0.15) is 0 Å². The lowest BCUT2D eigenvalue weighted by atomic mass is 9.84. The number of sulfone groups is 1. The minimum atomic E-state index is -3.28. The lowest BCUT2D eigenvalue weighted by molar-refractivity contribution is -0.122. The van der Waals surface area contributed by atoms with E-state index in [0.29, 0.717) is 12.2 Å². The van der Waals surface area contributed by atoms with Gasteiger partial charge in [-0.05, 0) is 23.3 Å². The van der Waals surface area contributed by atoms with E-state index in [1.54, 1.807) is 12.1 Å². The average Bonchev–Trinajstić information content (AvgIpc) is 3.00. The summed E-state index contributed by atoms with van der Waals surface area (Å²) in [5.41, 5.74) is 1.11. The SMILES string of the molecule is CS(=O)(=O)c1ccc(C2(C=O)OCC=C2c2ccccc2)cc1. The predicted molar refractivity (Wildman–Crippen MR) is 87.7 cm³/mol. The van der Waals surface area contributed by atoms with Crippen molar-refractivity contribution in [2.75, 3.05) is 12.9 Å². The number of carbonyl (C=O) groups is 1. The molecule has 0 fully saturated rings. The molecule has 2 aromatic carbocycles. The normalized spacial score (nSPS) is 21.0. The zero-order valence-electron chi connectivity index (χ0n) is 12.6. The van der Waals surface area contributed by atoms with Gasteiger partial charge in [0.05, 0.1) is 11.5 Å². The van der Waals surface area contributed by atoms with E-state index >= 15 is 0 Å². The van der Waals surface area contributed by atoms with E-state index in [1.165, 1.54) is 12.1 Å². The molecule has 0 saturated heterocycles. The Morgan fingerprint density at radius 2 is 1.70 bits per heavy atom. The zero-order chi connectivity index (χ0) is 16.5. The Labute approximate surface area is 135 Å². The van der Waals surface area contributed by atoms with Crippen molar-refractivity contribution in [1.82, 2.24) is 0 Å². The third kappa shape index (κ3) is 2.73. The summed E-state index contributed by atoms with van der Waals surface area (Å²) < 4.78 is 28.9. The van der Waals surface area contributed by atoms with E-state index in [0.717, 1.165) is 23.7 Å². The fraction of sp³-hybridized carbons (Fsp3) is 0.167. The number of rotatable bonds is 4. The Hall–Kier alpha value is -2.24. The molecule has 1 atom stereocenters. The molecule has 2 aromatic rings. The summed E-state index contributed by atoms with van der Waals surface area (Å²) in [6.07, 6.45) is 3.81. The average molecular weight is 328 g/mol. The van der Waals surface area contributed by atoms with Crippen molar-refractivity contribution in [1.29, 1.82) is 0 Å². The summed E-state index contributed by atoms with van der Waals surface area (Å²) in [4.78, 5) is 12.1. The maximum atomic E-state index is 11.9. The number of hydrogen-bond acceptors (Lipinski definition) is 4. The van der Waals surface area contributed by atoms with Crippen molar-refractivity contribution in [3.8, 4) is 0 Å². The molecule has 0 N–H and O–H groups in total. The molecule has 0 aromatic heterocycles. The fourth-order valence-corrected chi connectivity index (χ4v) is 3.42. The van der Waals surface area contributed by atoms with Crippen LogP contribution in [0.2, 0.25) is 0 Å². The maximum absolute atomic E-state index is 11.9. The van der Waals surface area contributed by atoms with Crippen molar-refractivity contribution in [2.24, 2.45) is 0 Å². The number of carbonyl (C=O) groups excluding carboxylic acids is 1. The van der Waals surface area contributed by atoms with Crippen LogP contribution in [0.4, 0.5) is 0 Å². The van der Waals surface area contributed by atoms with Gasteiger partial charge in [-0.25, -0.2) is 8.42 Å². The number of hydrogen-bond donors (Lipinski definition) is 0. The molecule has 5 heteroatoms. The van der Waals surface area contributed by atoms with Crippen molar-refractivity contribution < 1.29 is 17.9 Å². The van der Waals surface area contributed by atoms with E-state index in [-0.39, 0.29) is 4.90 Å². The first-order valence-electron chi connectivity index (χ1n) is 7.14. The zero-order valence-corrected chi connectivity index (χ0v) is 13.4. The van der Waals surface area contributed by atoms with Crippen LogP contribution in [-0.4, -0.2) is 27.6 Å². The second-order valence-electron chi connectivity index (χ2n) is 5.44. The second kappa shape index (κ2) is 5.76. The van der Waals surface area contributed by atoms with Crippen LogP contribution in [-0.2, 0) is 25.0 Å². The van der Waals surface area contributed by atoms with Gasteiger partial charge in [-0.15, -0.1) is 0 Å². The summed E-state index contributed by atoms with van der Waals surface area (Å²) in [6.45, 7) is 0.330. The first-order valence-corrected chi connectivity index (χ1v) is 9.03. The molecule has 0 bridgehead atoms. The van der Waals surface area contributed by atoms with Gasteiger partial charge in [-0.1, -0.05) is 48.5 Å². The number of ether oxygens (including phenoxy) is 1. The van der Waals surface area contributed by atoms with Crippen LogP contribution in [0.25, 0.3) is 5.57 Å². The molecule has 4 nitrogen and oxygen atoms in total. The summed E-state index contributed by atoms with van der Waals surface area (Å²) in [6, 6.07) is 15.8. The van der Waals surface area contributed by atoms with E-state index in [2.05, 4.69) is 0 Å². The molecule has 0 saturated carbocycles. The third-order valence-electron chi connectivity index (χ3n) is 3.96. The van der Waals surface area contributed by atoms with E-state index in [4.69, 9.17) is 4.74 Å². The molecule has 0 amide bonds. The van der Waals surface area contributed by atoms with Crippen molar-refractivity contribution in [2.45, 2.75) is 10.5 Å². The Bertz CT molecular complexity index is 852. The topological polar surface area (TPSA) is 60.4 Å². The molecule has 1 aliphatic heterocycles. The molecule has 1 unspecified atom stereocenters.